The maximum atomic E-state index is 13.2. The van der Waals surface area contributed by atoms with E-state index in [0.29, 0.717) is 28.2 Å². The number of hydrogen-bond acceptors (Lipinski definition) is 5. The summed E-state index contributed by atoms with van der Waals surface area (Å²) in [5.74, 6) is 1.21. The number of hydrogen-bond donors (Lipinski definition) is 1. The molecule has 0 spiro atoms. The van der Waals surface area contributed by atoms with Crippen LogP contribution < -0.4 is 9.47 Å². The molecule has 1 N–H and O–H groups in total. The van der Waals surface area contributed by atoms with Crippen LogP contribution in [0.2, 0.25) is 5.15 Å². The Bertz CT molecular complexity index is 1130. The Labute approximate surface area is 171 Å². The number of methoxy groups -OCH3 is 1. The molecule has 29 heavy (non-hydrogen) atoms. The largest absolute Gasteiger partial charge is 0.493 e. The number of aromatic amines is 1. The molecule has 0 fully saturated rings. The first kappa shape index (κ1) is 18.9. The normalized spacial score (nSPS) is 10.7. The second kappa shape index (κ2) is 8.28. The van der Waals surface area contributed by atoms with E-state index in [4.69, 9.17) is 21.1 Å². The van der Waals surface area contributed by atoms with E-state index in [2.05, 4.69) is 19.9 Å². The highest BCUT2D eigenvalue weighted by molar-refractivity contribution is 6.29. The van der Waals surface area contributed by atoms with Gasteiger partial charge in [0.2, 0.25) is 5.95 Å². The molecule has 0 aliphatic heterocycles. The molecule has 0 bridgehead atoms. The Morgan fingerprint density at radius 3 is 2.62 bits per heavy atom. The summed E-state index contributed by atoms with van der Waals surface area (Å²) in [4.78, 5) is 15.5. The van der Waals surface area contributed by atoms with Gasteiger partial charge in [-0.05, 0) is 42.5 Å². The molecular weight excluding hydrogens is 395 g/mol. The third kappa shape index (κ3) is 4.35. The zero-order valence-corrected chi connectivity index (χ0v) is 16.2. The molecule has 0 atom stereocenters. The average Bonchev–Trinajstić information content (AvgIpc) is 3.23. The fraction of sp³-hybridized carbons (Fsp3) is 0.0952. The standard InChI is InChI=1S/C21H16ClFN4O2/c1-28-18-9-13(5-7-17(18)29-12-15-3-2-4-20(23)26-15)16-11-25-21(27-16)14-6-8-19(22)24-10-14/h2-11H,12H2,1H3,(H,25,27). The second-order valence-corrected chi connectivity index (χ2v) is 6.51. The highest BCUT2D eigenvalue weighted by atomic mass is 35.5. The van der Waals surface area contributed by atoms with Crippen LogP contribution in [0.25, 0.3) is 22.6 Å². The van der Waals surface area contributed by atoms with Gasteiger partial charge in [0.15, 0.2) is 11.5 Å². The van der Waals surface area contributed by atoms with Crippen molar-refractivity contribution in [2.24, 2.45) is 0 Å². The molecule has 3 aromatic heterocycles. The van der Waals surface area contributed by atoms with E-state index in [-0.39, 0.29) is 6.61 Å². The van der Waals surface area contributed by atoms with E-state index in [0.717, 1.165) is 16.8 Å². The summed E-state index contributed by atoms with van der Waals surface area (Å²) in [6.45, 7) is 0.130. The molecule has 0 saturated carbocycles. The summed E-state index contributed by atoms with van der Waals surface area (Å²) >= 11 is 5.83. The highest BCUT2D eigenvalue weighted by Gasteiger charge is 2.11. The van der Waals surface area contributed by atoms with Crippen LogP contribution in [0.1, 0.15) is 5.69 Å². The lowest BCUT2D eigenvalue weighted by atomic mass is 10.1. The SMILES string of the molecule is COc1cc(-c2cnc(-c3ccc(Cl)nc3)[nH]2)ccc1OCc1cccc(F)n1. The van der Waals surface area contributed by atoms with E-state index in [1.54, 1.807) is 43.8 Å². The predicted octanol–water partition coefficient (Wildman–Crippen LogP) is 4.91. The van der Waals surface area contributed by atoms with Crippen LogP contribution in [0, 0.1) is 5.95 Å². The molecule has 6 nitrogen and oxygen atoms in total. The van der Waals surface area contributed by atoms with Gasteiger partial charge < -0.3 is 14.5 Å². The van der Waals surface area contributed by atoms with Gasteiger partial charge in [0, 0.05) is 17.3 Å². The van der Waals surface area contributed by atoms with Gasteiger partial charge in [-0.1, -0.05) is 17.7 Å². The van der Waals surface area contributed by atoms with Gasteiger partial charge in [-0.15, -0.1) is 0 Å². The van der Waals surface area contributed by atoms with Crippen molar-refractivity contribution in [1.82, 2.24) is 19.9 Å². The molecule has 0 aliphatic rings. The fourth-order valence-corrected chi connectivity index (χ4v) is 2.88. The number of H-pyrrole nitrogens is 1. The first-order chi connectivity index (χ1) is 14.1. The monoisotopic (exact) mass is 410 g/mol. The van der Waals surface area contributed by atoms with Crippen molar-refractivity contribution in [3.8, 4) is 34.1 Å². The van der Waals surface area contributed by atoms with Crippen LogP contribution in [0.4, 0.5) is 4.39 Å². The number of nitrogens with one attached hydrogen (secondary N) is 1. The second-order valence-electron chi connectivity index (χ2n) is 6.12. The highest BCUT2D eigenvalue weighted by Crippen LogP contribution is 2.33. The molecule has 0 unspecified atom stereocenters. The van der Waals surface area contributed by atoms with Crippen molar-refractivity contribution in [1.29, 1.82) is 0 Å². The van der Waals surface area contributed by atoms with Gasteiger partial charge in [-0.25, -0.2) is 15.0 Å². The van der Waals surface area contributed by atoms with Crippen molar-refractivity contribution in [3.05, 3.63) is 77.7 Å². The van der Waals surface area contributed by atoms with Crippen molar-refractivity contribution in [2.45, 2.75) is 6.61 Å². The molecule has 8 heteroatoms. The predicted molar refractivity (Wildman–Crippen MR) is 107 cm³/mol. The Morgan fingerprint density at radius 1 is 1.00 bits per heavy atom. The van der Waals surface area contributed by atoms with E-state index in [9.17, 15) is 4.39 Å². The third-order valence-electron chi connectivity index (χ3n) is 4.20. The summed E-state index contributed by atoms with van der Waals surface area (Å²) in [5.41, 5.74) is 3.01. The van der Waals surface area contributed by atoms with E-state index >= 15 is 0 Å². The molecule has 3 heterocycles. The number of imidazole rings is 1. The Kier molecular flexibility index (Phi) is 5.39. The fourth-order valence-electron chi connectivity index (χ4n) is 2.77. The van der Waals surface area contributed by atoms with Crippen molar-refractivity contribution >= 4 is 11.6 Å². The maximum Gasteiger partial charge on any atom is 0.213 e. The lowest BCUT2D eigenvalue weighted by molar-refractivity contribution is 0.279. The van der Waals surface area contributed by atoms with Gasteiger partial charge in [-0.3, -0.25) is 0 Å². The molecule has 1 aromatic carbocycles. The number of ether oxygens (including phenoxy) is 2. The summed E-state index contributed by atoms with van der Waals surface area (Å²) in [5, 5.41) is 0.425. The smallest absolute Gasteiger partial charge is 0.213 e. The Balaban J connectivity index is 1.54. The van der Waals surface area contributed by atoms with Gasteiger partial charge in [0.1, 0.15) is 17.6 Å². The average molecular weight is 411 g/mol. The van der Waals surface area contributed by atoms with Crippen molar-refractivity contribution in [2.75, 3.05) is 7.11 Å². The van der Waals surface area contributed by atoms with Gasteiger partial charge in [0.25, 0.3) is 0 Å². The zero-order chi connectivity index (χ0) is 20.2. The van der Waals surface area contributed by atoms with Crippen molar-refractivity contribution < 1.29 is 13.9 Å². The van der Waals surface area contributed by atoms with Crippen LogP contribution in [0.3, 0.4) is 0 Å². The maximum absolute atomic E-state index is 13.2. The molecular formula is C21H16ClFN4O2. The first-order valence-corrected chi connectivity index (χ1v) is 9.10. The van der Waals surface area contributed by atoms with Crippen LogP contribution in [-0.4, -0.2) is 27.0 Å². The molecule has 0 radical (unpaired) electrons. The van der Waals surface area contributed by atoms with E-state index in [1.165, 1.54) is 6.07 Å². The molecule has 4 aromatic rings. The molecule has 4 rings (SSSR count). The quantitative estimate of drug-likeness (QED) is 0.457. The topological polar surface area (TPSA) is 72.9 Å². The Morgan fingerprint density at radius 2 is 1.86 bits per heavy atom. The van der Waals surface area contributed by atoms with Crippen molar-refractivity contribution in [3.63, 3.8) is 0 Å². The number of aromatic nitrogens is 4. The van der Waals surface area contributed by atoms with Gasteiger partial charge >= 0.3 is 0 Å². The lowest BCUT2D eigenvalue weighted by Gasteiger charge is -2.11. The van der Waals surface area contributed by atoms with Crippen LogP contribution in [0.15, 0.2) is 60.9 Å². The van der Waals surface area contributed by atoms with E-state index < -0.39 is 5.95 Å². The lowest BCUT2D eigenvalue weighted by Crippen LogP contribution is -2.01. The summed E-state index contributed by atoms with van der Waals surface area (Å²) in [6.07, 6.45) is 3.39. The number of nitrogens with zero attached hydrogens (tertiary/aromatic N) is 3. The molecule has 0 aliphatic carbocycles. The summed E-state index contributed by atoms with van der Waals surface area (Å²) in [7, 11) is 1.56. The number of halogens is 2. The molecule has 146 valence electrons. The van der Waals surface area contributed by atoms with Crippen LogP contribution in [0.5, 0.6) is 11.5 Å². The Hall–Kier alpha value is -3.45. The summed E-state index contributed by atoms with van der Waals surface area (Å²) in [6, 6.07) is 13.6. The molecule has 0 amide bonds. The number of pyridine rings is 2. The first-order valence-electron chi connectivity index (χ1n) is 8.72. The van der Waals surface area contributed by atoms with E-state index in [1.807, 2.05) is 18.2 Å². The third-order valence-corrected chi connectivity index (χ3v) is 4.42. The number of rotatable bonds is 6. The van der Waals surface area contributed by atoms with Gasteiger partial charge in [0.05, 0.1) is 24.7 Å². The summed E-state index contributed by atoms with van der Waals surface area (Å²) < 4.78 is 24.4. The zero-order valence-electron chi connectivity index (χ0n) is 15.4. The minimum absolute atomic E-state index is 0.130. The van der Waals surface area contributed by atoms with Crippen LogP contribution >= 0.6 is 11.6 Å². The van der Waals surface area contributed by atoms with Crippen LogP contribution in [-0.2, 0) is 6.61 Å². The van der Waals surface area contributed by atoms with Gasteiger partial charge in [-0.2, -0.15) is 4.39 Å². The molecule has 0 saturated heterocycles. The number of benzene rings is 1. The minimum Gasteiger partial charge on any atom is -0.493 e. The minimum atomic E-state index is -0.542.